The van der Waals surface area contributed by atoms with Gasteiger partial charge in [0, 0.05) is 51.3 Å². The van der Waals surface area contributed by atoms with Gasteiger partial charge in [0.1, 0.15) is 29.3 Å². The number of aromatic nitrogens is 3. The van der Waals surface area contributed by atoms with E-state index in [1.54, 1.807) is 12.1 Å². The number of H-pyrrole nitrogens is 1. The zero-order chi connectivity index (χ0) is 24.2. The van der Waals surface area contributed by atoms with Crippen LogP contribution in [0.4, 0.5) is 4.39 Å². The third-order valence-electron chi connectivity index (χ3n) is 6.29. The normalized spacial score (nSPS) is 14.9. The molecule has 0 aliphatic carbocycles. The van der Waals surface area contributed by atoms with Crippen molar-refractivity contribution in [1.82, 2.24) is 24.8 Å². The number of likely N-dealkylation sites (N-methyl/N-ethyl adjacent to an activating group) is 1. The molecule has 8 heteroatoms. The van der Waals surface area contributed by atoms with Crippen LogP contribution in [0.25, 0.3) is 11.0 Å². The molecule has 0 radical (unpaired) electrons. The molecular weight excluding hydrogens is 445 g/mol. The zero-order valence-corrected chi connectivity index (χ0v) is 19.7. The van der Waals surface area contributed by atoms with Crippen LogP contribution in [0.3, 0.4) is 0 Å². The van der Waals surface area contributed by atoms with Crippen LogP contribution >= 0.6 is 0 Å². The maximum Gasteiger partial charge on any atom is 0.231 e. The lowest BCUT2D eigenvalue weighted by Crippen LogP contribution is -2.43. The predicted molar refractivity (Wildman–Crippen MR) is 132 cm³/mol. The number of ketones is 1. The first-order chi connectivity index (χ1) is 17.0. The summed E-state index contributed by atoms with van der Waals surface area (Å²) in [6, 6.07) is 15.5. The highest BCUT2D eigenvalue weighted by Crippen LogP contribution is 2.28. The summed E-state index contributed by atoms with van der Waals surface area (Å²) < 4.78 is 19.1. The van der Waals surface area contributed by atoms with Gasteiger partial charge in [-0.25, -0.2) is 14.4 Å². The van der Waals surface area contributed by atoms with Gasteiger partial charge in [-0.3, -0.25) is 9.69 Å². The Bertz CT molecular complexity index is 1300. The lowest BCUT2D eigenvalue weighted by molar-refractivity contribution is -0.117. The maximum absolute atomic E-state index is 13.0. The van der Waals surface area contributed by atoms with Gasteiger partial charge in [-0.2, -0.15) is 0 Å². The number of carbonyl (C=O) groups is 1. The third kappa shape index (κ3) is 5.90. The highest BCUT2D eigenvalue weighted by molar-refractivity contribution is 5.83. The van der Waals surface area contributed by atoms with Crippen molar-refractivity contribution in [3.63, 3.8) is 0 Å². The number of Topliss-reactive ketones (excluding diaryl/α,β-unsaturated/α-hetero) is 1. The number of ether oxygens (including phenoxy) is 1. The number of nitrogens with zero attached hydrogens (tertiary/aromatic N) is 4. The van der Waals surface area contributed by atoms with E-state index >= 15 is 0 Å². The second kappa shape index (κ2) is 10.3. The largest absolute Gasteiger partial charge is 0.438 e. The molecule has 0 unspecified atom stereocenters. The highest BCUT2D eigenvalue weighted by atomic mass is 19.1. The standard InChI is InChI=1S/C27H28FN5O2/c1-32-10-12-33(13-11-32)17-22-16-25-26(31-22)29-18-30-27(25)35-24-8-4-20(5-9-24)15-23(34)14-19-2-6-21(28)7-3-19/h2-9,16,18H,10-15,17H2,1H3,(H,29,30,31). The Morgan fingerprint density at radius 2 is 1.63 bits per heavy atom. The number of piperazine rings is 1. The number of aromatic amines is 1. The van der Waals surface area contributed by atoms with E-state index in [9.17, 15) is 9.18 Å². The zero-order valence-electron chi connectivity index (χ0n) is 19.7. The average molecular weight is 474 g/mol. The molecular formula is C27H28FN5O2. The van der Waals surface area contributed by atoms with Gasteiger partial charge in [0.2, 0.25) is 5.88 Å². The molecule has 5 rings (SSSR count). The molecule has 7 nitrogen and oxygen atoms in total. The summed E-state index contributed by atoms with van der Waals surface area (Å²) in [6.07, 6.45) is 2.08. The van der Waals surface area contributed by atoms with Crippen molar-refractivity contribution in [2.75, 3.05) is 33.2 Å². The van der Waals surface area contributed by atoms with Crippen LogP contribution < -0.4 is 4.74 Å². The molecule has 0 amide bonds. The molecule has 180 valence electrons. The fourth-order valence-corrected chi connectivity index (χ4v) is 4.29. The van der Waals surface area contributed by atoms with Crippen LogP contribution in [0, 0.1) is 5.82 Å². The van der Waals surface area contributed by atoms with Crippen molar-refractivity contribution in [2.24, 2.45) is 0 Å². The summed E-state index contributed by atoms with van der Waals surface area (Å²) in [6.45, 7) is 5.06. The van der Waals surface area contributed by atoms with Gasteiger partial charge in [0.05, 0.1) is 5.39 Å². The number of carbonyl (C=O) groups excluding carboxylic acids is 1. The number of halogens is 1. The molecule has 0 atom stereocenters. The third-order valence-corrected chi connectivity index (χ3v) is 6.29. The molecule has 35 heavy (non-hydrogen) atoms. The van der Waals surface area contributed by atoms with Crippen molar-refractivity contribution >= 4 is 16.8 Å². The molecule has 1 saturated heterocycles. The van der Waals surface area contributed by atoms with Gasteiger partial charge in [0.15, 0.2) is 0 Å². The van der Waals surface area contributed by atoms with Crippen molar-refractivity contribution in [2.45, 2.75) is 19.4 Å². The minimum Gasteiger partial charge on any atom is -0.438 e. The topological polar surface area (TPSA) is 74.3 Å². The first kappa shape index (κ1) is 23.1. The molecule has 2 aromatic heterocycles. The molecule has 1 aliphatic heterocycles. The van der Waals surface area contributed by atoms with E-state index in [-0.39, 0.29) is 18.0 Å². The number of fused-ring (bicyclic) bond motifs is 1. The second-order valence-electron chi connectivity index (χ2n) is 9.08. The summed E-state index contributed by atoms with van der Waals surface area (Å²) in [5, 5.41) is 0.843. The first-order valence-electron chi connectivity index (χ1n) is 11.8. The number of hydrogen-bond acceptors (Lipinski definition) is 6. The van der Waals surface area contributed by atoms with Gasteiger partial charge in [-0.05, 0) is 48.5 Å². The molecule has 1 N–H and O–H groups in total. The van der Waals surface area contributed by atoms with Crippen molar-refractivity contribution in [1.29, 1.82) is 0 Å². The lowest BCUT2D eigenvalue weighted by atomic mass is 10.0. The van der Waals surface area contributed by atoms with E-state index in [0.29, 0.717) is 18.1 Å². The summed E-state index contributed by atoms with van der Waals surface area (Å²) in [5.41, 5.74) is 3.54. The van der Waals surface area contributed by atoms with Crippen LogP contribution in [0.5, 0.6) is 11.6 Å². The first-order valence-corrected chi connectivity index (χ1v) is 11.8. The summed E-state index contributed by atoms with van der Waals surface area (Å²) in [7, 11) is 2.15. The van der Waals surface area contributed by atoms with E-state index in [1.165, 1.54) is 18.5 Å². The Morgan fingerprint density at radius 1 is 0.971 bits per heavy atom. The van der Waals surface area contributed by atoms with E-state index in [1.807, 2.05) is 24.3 Å². The minimum absolute atomic E-state index is 0.0722. The Balaban J connectivity index is 1.22. The van der Waals surface area contributed by atoms with Gasteiger partial charge < -0.3 is 14.6 Å². The molecule has 1 fully saturated rings. The van der Waals surface area contributed by atoms with E-state index in [4.69, 9.17) is 4.74 Å². The Hall–Kier alpha value is -3.62. The van der Waals surface area contributed by atoms with E-state index in [0.717, 1.165) is 60.6 Å². The number of benzene rings is 2. The monoisotopic (exact) mass is 473 g/mol. The van der Waals surface area contributed by atoms with Crippen LogP contribution in [-0.2, 0) is 24.2 Å². The van der Waals surface area contributed by atoms with Crippen molar-refractivity contribution < 1.29 is 13.9 Å². The van der Waals surface area contributed by atoms with Crippen molar-refractivity contribution in [3.8, 4) is 11.6 Å². The Labute approximate surface area is 203 Å². The number of rotatable bonds is 8. The van der Waals surface area contributed by atoms with Crippen LogP contribution in [-0.4, -0.2) is 63.8 Å². The Morgan fingerprint density at radius 3 is 2.31 bits per heavy atom. The number of nitrogens with one attached hydrogen (secondary N) is 1. The highest BCUT2D eigenvalue weighted by Gasteiger charge is 2.16. The molecule has 0 spiro atoms. The van der Waals surface area contributed by atoms with Crippen LogP contribution in [0.15, 0.2) is 60.9 Å². The quantitative estimate of drug-likeness (QED) is 0.417. The van der Waals surface area contributed by atoms with Crippen molar-refractivity contribution in [3.05, 3.63) is 83.6 Å². The van der Waals surface area contributed by atoms with Gasteiger partial charge in [-0.15, -0.1) is 0 Å². The molecule has 0 bridgehead atoms. The van der Waals surface area contributed by atoms with Gasteiger partial charge in [0.25, 0.3) is 0 Å². The van der Waals surface area contributed by atoms with Crippen LogP contribution in [0.1, 0.15) is 16.8 Å². The second-order valence-corrected chi connectivity index (χ2v) is 9.08. The minimum atomic E-state index is -0.302. The summed E-state index contributed by atoms with van der Waals surface area (Å²) >= 11 is 0. The van der Waals surface area contributed by atoms with Gasteiger partial charge in [-0.1, -0.05) is 24.3 Å². The predicted octanol–water partition coefficient (Wildman–Crippen LogP) is 3.99. The van der Waals surface area contributed by atoms with Crippen LogP contribution in [0.2, 0.25) is 0 Å². The molecule has 3 heterocycles. The summed E-state index contributed by atoms with van der Waals surface area (Å²) in [5.74, 6) is 0.907. The SMILES string of the molecule is CN1CCN(Cc2cc3c(Oc4ccc(CC(=O)Cc5ccc(F)cc5)cc4)ncnc3[nH]2)CC1. The van der Waals surface area contributed by atoms with Gasteiger partial charge >= 0.3 is 0 Å². The molecule has 4 aromatic rings. The lowest BCUT2D eigenvalue weighted by Gasteiger charge is -2.31. The Kier molecular flexibility index (Phi) is 6.83. The fourth-order valence-electron chi connectivity index (χ4n) is 4.29. The maximum atomic E-state index is 13.0. The van der Waals surface area contributed by atoms with E-state index < -0.39 is 0 Å². The molecule has 2 aromatic carbocycles. The summed E-state index contributed by atoms with van der Waals surface area (Å²) in [4.78, 5) is 29.3. The smallest absolute Gasteiger partial charge is 0.231 e. The fraction of sp³-hybridized carbons (Fsp3) is 0.296. The average Bonchev–Trinajstić information content (AvgIpc) is 3.27. The number of hydrogen-bond donors (Lipinski definition) is 1. The molecule has 0 saturated carbocycles. The molecule has 1 aliphatic rings. The van der Waals surface area contributed by atoms with E-state index in [2.05, 4.69) is 37.9 Å².